The molecule has 2 aromatic heterocycles. The quantitative estimate of drug-likeness (QED) is 0.510. The molecule has 1 aliphatic rings. The molecule has 0 spiro atoms. The van der Waals surface area contributed by atoms with Crippen molar-refractivity contribution in [1.82, 2.24) is 14.1 Å². The maximum absolute atomic E-state index is 11.8. The SMILES string of the molecule is Cn1cc(-c2ccc3ncn(C(c4ccccc4)C4CCOCC4)c3c2)ccc1=O. The molecule has 1 unspecified atom stereocenters. The van der Waals surface area contributed by atoms with Crippen LogP contribution in [-0.4, -0.2) is 27.3 Å². The fourth-order valence-corrected chi connectivity index (χ4v) is 4.53. The third-order valence-corrected chi connectivity index (χ3v) is 6.15. The van der Waals surface area contributed by atoms with Crippen LogP contribution in [0.4, 0.5) is 0 Å². The van der Waals surface area contributed by atoms with E-state index in [0.717, 1.165) is 48.2 Å². The van der Waals surface area contributed by atoms with E-state index in [1.54, 1.807) is 17.7 Å². The second-order valence-electron chi connectivity index (χ2n) is 8.03. The summed E-state index contributed by atoms with van der Waals surface area (Å²) in [7, 11) is 1.78. The average Bonchev–Trinajstić information content (AvgIpc) is 3.20. The van der Waals surface area contributed by atoms with Crippen LogP contribution in [0.15, 0.2) is 78.0 Å². The van der Waals surface area contributed by atoms with Crippen LogP contribution in [0.3, 0.4) is 0 Å². The minimum atomic E-state index is -0.00599. The van der Waals surface area contributed by atoms with Crippen molar-refractivity contribution in [2.24, 2.45) is 13.0 Å². The van der Waals surface area contributed by atoms with Gasteiger partial charge in [-0.25, -0.2) is 4.98 Å². The van der Waals surface area contributed by atoms with Crippen molar-refractivity contribution < 1.29 is 4.74 Å². The zero-order valence-corrected chi connectivity index (χ0v) is 17.1. The van der Waals surface area contributed by atoms with Crippen LogP contribution in [0.2, 0.25) is 0 Å². The van der Waals surface area contributed by atoms with Crippen LogP contribution in [0.1, 0.15) is 24.4 Å². The van der Waals surface area contributed by atoms with Gasteiger partial charge in [-0.3, -0.25) is 4.79 Å². The van der Waals surface area contributed by atoms with E-state index < -0.39 is 0 Å². The van der Waals surface area contributed by atoms with E-state index in [4.69, 9.17) is 9.72 Å². The largest absolute Gasteiger partial charge is 0.381 e. The molecule has 3 heterocycles. The van der Waals surface area contributed by atoms with Gasteiger partial charge in [0, 0.05) is 32.5 Å². The number of ether oxygens (including phenoxy) is 1. The van der Waals surface area contributed by atoms with Gasteiger partial charge in [0.25, 0.3) is 0 Å². The monoisotopic (exact) mass is 399 g/mol. The van der Waals surface area contributed by atoms with E-state index in [2.05, 4.69) is 53.1 Å². The molecule has 0 saturated carbocycles. The van der Waals surface area contributed by atoms with Crippen LogP contribution in [0, 0.1) is 5.92 Å². The minimum Gasteiger partial charge on any atom is -0.381 e. The van der Waals surface area contributed by atoms with E-state index >= 15 is 0 Å². The van der Waals surface area contributed by atoms with E-state index in [-0.39, 0.29) is 11.6 Å². The molecular formula is C25H25N3O2. The molecule has 152 valence electrons. The predicted octanol–water partition coefficient (Wildman–Crippen LogP) is 4.42. The number of aryl methyl sites for hydroxylation is 1. The fraction of sp³-hybridized carbons (Fsp3) is 0.280. The Morgan fingerprint density at radius 3 is 2.53 bits per heavy atom. The Morgan fingerprint density at radius 1 is 1.00 bits per heavy atom. The van der Waals surface area contributed by atoms with Crippen molar-refractivity contribution in [2.45, 2.75) is 18.9 Å². The number of pyridine rings is 1. The third kappa shape index (κ3) is 3.46. The summed E-state index contributed by atoms with van der Waals surface area (Å²) < 4.78 is 9.58. The number of aromatic nitrogens is 3. The van der Waals surface area contributed by atoms with Gasteiger partial charge in [-0.05, 0) is 53.6 Å². The van der Waals surface area contributed by atoms with Gasteiger partial charge in [0.05, 0.1) is 23.4 Å². The standard InChI is InChI=1S/C25H25N3O2/c1-27-16-21(8-10-24(27)29)20-7-9-22-23(15-20)28(17-26-22)25(18-5-3-2-4-6-18)19-11-13-30-14-12-19/h2-10,15-17,19,25H,11-14H2,1H3. The third-order valence-electron chi connectivity index (χ3n) is 6.15. The van der Waals surface area contributed by atoms with Crippen molar-refractivity contribution in [3.05, 3.63) is 89.1 Å². The lowest BCUT2D eigenvalue weighted by molar-refractivity contribution is 0.0547. The van der Waals surface area contributed by atoms with Gasteiger partial charge in [0.2, 0.25) is 5.56 Å². The molecule has 0 radical (unpaired) electrons. The number of benzene rings is 2. The molecular weight excluding hydrogens is 374 g/mol. The molecule has 5 rings (SSSR count). The molecule has 5 nitrogen and oxygen atoms in total. The number of hydrogen-bond acceptors (Lipinski definition) is 3. The van der Waals surface area contributed by atoms with Crippen LogP contribution in [0.25, 0.3) is 22.2 Å². The van der Waals surface area contributed by atoms with Crippen LogP contribution < -0.4 is 5.56 Å². The molecule has 1 fully saturated rings. The highest BCUT2D eigenvalue weighted by Crippen LogP contribution is 2.36. The topological polar surface area (TPSA) is 49.0 Å². The summed E-state index contributed by atoms with van der Waals surface area (Å²) in [6, 6.07) is 20.8. The van der Waals surface area contributed by atoms with Gasteiger partial charge in [-0.2, -0.15) is 0 Å². The zero-order chi connectivity index (χ0) is 20.5. The molecule has 1 aliphatic heterocycles. The molecule has 0 N–H and O–H groups in total. The van der Waals surface area contributed by atoms with Gasteiger partial charge in [-0.15, -0.1) is 0 Å². The Balaban J connectivity index is 1.64. The fourth-order valence-electron chi connectivity index (χ4n) is 4.53. The maximum Gasteiger partial charge on any atom is 0.250 e. The Hall–Kier alpha value is -3.18. The Morgan fingerprint density at radius 2 is 1.77 bits per heavy atom. The summed E-state index contributed by atoms with van der Waals surface area (Å²) in [6.45, 7) is 1.62. The highest BCUT2D eigenvalue weighted by atomic mass is 16.5. The summed E-state index contributed by atoms with van der Waals surface area (Å²) >= 11 is 0. The van der Waals surface area contributed by atoms with Crippen LogP contribution >= 0.6 is 0 Å². The molecule has 2 aromatic carbocycles. The first-order valence-electron chi connectivity index (χ1n) is 10.5. The predicted molar refractivity (Wildman–Crippen MR) is 119 cm³/mol. The second-order valence-corrected chi connectivity index (χ2v) is 8.03. The number of fused-ring (bicyclic) bond motifs is 1. The van der Waals surface area contributed by atoms with Crippen molar-refractivity contribution in [3.63, 3.8) is 0 Å². The first kappa shape index (κ1) is 18.8. The summed E-state index contributed by atoms with van der Waals surface area (Å²) in [5, 5.41) is 0. The van der Waals surface area contributed by atoms with E-state index in [9.17, 15) is 4.79 Å². The van der Waals surface area contributed by atoms with Gasteiger partial charge in [0.1, 0.15) is 0 Å². The van der Waals surface area contributed by atoms with Gasteiger partial charge < -0.3 is 13.9 Å². The van der Waals surface area contributed by atoms with Gasteiger partial charge >= 0.3 is 0 Å². The smallest absolute Gasteiger partial charge is 0.250 e. The molecule has 0 amide bonds. The van der Waals surface area contributed by atoms with Crippen LogP contribution in [-0.2, 0) is 11.8 Å². The number of hydrogen-bond donors (Lipinski definition) is 0. The second kappa shape index (κ2) is 7.92. The van der Waals surface area contributed by atoms with Crippen molar-refractivity contribution in [3.8, 4) is 11.1 Å². The van der Waals surface area contributed by atoms with Crippen molar-refractivity contribution >= 4 is 11.0 Å². The summed E-state index contributed by atoms with van der Waals surface area (Å²) in [4.78, 5) is 16.5. The molecule has 4 aromatic rings. The first-order valence-corrected chi connectivity index (χ1v) is 10.5. The molecule has 5 heteroatoms. The average molecular weight is 399 g/mol. The number of rotatable bonds is 4. The Labute approximate surface area is 175 Å². The normalized spacial score (nSPS) is 16.0. The molecule has 0 aliphatic carbocycles. The maximum atomic E-state index is 11.8. The van der Waals surface area contributed by atoms with Gasteiger partial charge in [-0.1, -0.05) is 36.4 Å². The highest BCUT2D eigenvalue weighted by Gasteiger charge is 2.28. The van der Waals surface area contributed by atoms with E-state index in [1.165, 1.54) is 5.56 Å². The zero-order valence-electron chi connectivity index (χ0n) is 17.1. The number of imidazole rings is 1. The molecule has 30 heavy (non-hydrogen) atoms. The summed E-state index contributed by atoms with van der Waals surface area (Å²) in [6.07, 6.45) is 5.94. The first-order chi connectivity index (χ1) is 14.7. The molecule has 1 atom stereocenters. The van der Waals surface area contributed by atoms with Crippen LogP contribution in [0.5, 0.6) is 0 Å². The molecule has 1 saturated heterocycles. The Kier molecular flexibility index (Phi) is 4.97. The Bertz CT molecular complexity index is 1220. The lowest BCUT2D eigenvalue weighted by Gasteiger charge is -2.32. The van der Waals surface area contributed by atoms with E-state index in [1.807, 2.05) is 18.6 Å². The number of nitrogens with zero attached hydrogens (tertiary/aromatic N) is 3. The summed E-state index contributed by atoms with van der Waals surface area (Å²) in [5.74, 6) is 0.500. The minimum absolute atomic E-state index is 0.00599. The molecule has 0 bridgehead atoms. The lowest BCUT2D eigenvalue weighted by atomic mass is 9.86. The summed E-state index contributed by atoms with van der Waals surface area (Å²) in [5.41, 5.74) is 5.50. The highest BCUT2D eigenvalue weighted by molar-refractivity contribution is 5.82. The van der Waals surface area contributed by atoms with Crippen molar-refractivity contribution in [2.75, 3.05) is 13.2 Å². The van der Waals surface area contributed by atoms with E-state index in [0.29, 0.717) is 5.92 Å². The van der Waals surface area contributed by atoms with Gasteiger partial charge in [0.15, 0.2) is 0 Å². The lowest BCUT2D eigenvalue weighted by Crippen LogP contribution is -2.26. The van der Waals surface area contributed by atoms with Crippen molar-refractivity contribution in [1.29, 1.82) is 0 Å².